The van der Waals surface area contributed by atoms with E-state index in [2.05, 4.69) is 6.92 Å². The van der Waals surface area contributed by atoms with E-state index in [1.807, 2.05) is 33.7 Å². The summed E-state index contributed by atoms with van der Waals surface area (Å²) in [7, 11) is 0. The van der Waals surface area contributed by atoms with Gasteiger partial charge in [-0.1, -0.05) is 25.1 Å². The molecule has 1 aromatic heterocycles. The first-order chi connectivity index (χ1) is 14.0. The summed E-state index contributed by atoms with van der Waals surface area (Å²) in [5.74, 6) is -0.411. The van der Waals surface area contributed by atoms with Crippen molar-refractivity contribution in [3.8, 4) is 0 Å². The van der Waals surface area contributed by atoms with Crippen molar-refractivity contribution in [2.24, 2.45) is 5.92 Å². The van der Waals surface area contributed by atoms with Gasteiger partial charge >= 0.3 is 0 Å². The number of piperidine rings is 2. The van der Waals surface area contributed by atoms with Crippen molar-refractivity contribution in [3.05, 3.63) is 36.0 Å². The van der Waals surface area contributed by atoms with Crippen LogP contribution < -0.4 is 0 Å². The minimum atomic E-state index is -0.473. The molecule has 2 amide bonds. The SMILES string of the molecule is C[C@@H]1CCCN(C(=O)C(=O)c2cn(CC(=O)N3CCCCC3)c3ccccc23)C1. The molecule has 2 aliphatic heterocycles. The first kappa shape index (κ1) is 19.7. The molecule has 154 valence electrons. The quantitative estimate of drug-likeness (QED) is 0.590. The van der Waals surface area contributed by atoms with Crippen molar-refractivity contribution in [1.82, 2.24) is 14.4 Å². The van der Waals surface area contributed by atoms with Crippen LogP contribution in [0, 0.1) is 5.92 Å². The second-order valence-electron chi connectivity index (χ2n) is 8.46. The third-order valence-electron chi connectivity index (χ3n) is 6.19. The summed E-state index contributed by atoms with van der Waals surface area (Å²) in [6.45, 7) is 5.19. The summed E-state index contributed by atoms with van der Waals surface area (Å²) in [6.07, 6.45) is 6.99. The number of benzene rings is 1. The Hall–Kier alpha value is -2.63. The highest BCUT2D eigenvalue weighted by Gasteiger charge is 2.29. The Kier molecular flexibility index (Phi) is 5.69. The third-order valence-corrected chi connectivity index (χ3v) is 6.19. The largest absolute Gasteiger partial charge is 0.341 e. The van der Waals surface area contributed by atoms with E-state index < -0.39 is 11.7 Å². The number of likely N-dealkylation sites (tertiary alicyclic amines) is 2. The van der Waals surface area contributed by atoms with Gasteiger partial charge in [0.25, 0.3) is 11.7 Å². The van der Waals surface area contributed by atoms with Crippen LogP contribution in [0.2, 0.25) is 0 Å². The number of nitrogens with zero attached hydrogens (tertiary/aromatic N) is 3. The highest BCUT2D eigenvalue weighted by Crippen LogP contribution is 2.24. The molecule has 1 atom stereocenters. The normalized spacial score (nSPS) is 20.1. The van der Waals surface area contributed by atoms with Gasteiger partial charge in [0.1, 0.15) is 6.54 Å². The molecule has 2 saturated heterocycles. The fourth-order valence-corrected chi connectivity index (χ4v) is 4.58. The van der Waals surface area contributed by atoms with E-state index in [0.29, 0.717) is 24.6 Å². The number of fused-ring (bicyclic) bond motifs is 1. The summed E-state index contributed by atoms with van der Waals surface area (Å²) in [4.78, 5) is 42.3. The molecule has 6 heteroatoms. The number of hydrogen-bond acceptors (Lipinski definition) is 3. The van der Waals surface area contributed by atoms with Gasteiger partial charge < -0.3 is 14.4 Å². The second-order valence-corrected chi connectivity index (χ2v) is 8.46. The van der Waals surface area contributed by atoms with Crippen LogP contribution in [0.1, 0.15) is 49.4 Å². The zero-order valence-corrected chi connectivity index (χ0v) is 17.1. The summed E-state index contributed by atoms with van der Waals surface area (Å²) in [6, 6.07) is 7.52. The molecule has 0 saturated carbocycles. The van der Waals surface area contributed by atoms with E-state index in [9.17, 15) is 14.4 Å². The number of carbonyl (C=O) groups excluding carboxylic acids is 3. The van der Waals surface area contributed by atoms with E-state index in [4.69, 9.17) is 0 Å². The molecule has 2 aromatic rings. The molecule has 2 aliphatic rings. The van der Waals surface area contributed by atoms with E-state index in [0.717, 1.165) is 49.7 Å². The second kappa shape index (κ2) is 8.39. The lowest BCUT2D eigenvalue weighted by atomic mass is 9.99. The average Bonchev–Trinajstić information content (AvgIpc) is 3.12. The van der Waals surface area contributed by atoms with Crippen LogP contribution in [0.3, 0.4) is 0 Å². The fourth-order valence-electron chi connectivity index (χ4n) is 4.58. The molecule has 0 spiro atoms. The van der Waals surface area contributed by atoms with Crippen LogP contribution in [0.4, 0.5) is 0 Å². The molecule has 0 N–H and O–H groups in total. The molecule has 4 rings (SSSR count). The van der Waals surface area contributed by atoms with E-state index >= 15 is 0 Å². The molecule has 0 unspecified atom stereocenters. The Morgan fingerprint density at radius 3 is 2.45 bits per heavy atom. The monoisotopic (exact) mass is 395 g/mol. The lowest BCUT2D eigenvalue weighted by molar-refractivity contribution is -0.132. The van der Waals surface area contributed by atoms with Crippen LogP contribution >= 0.6 is 0 Å². The van der Waals surface area contributed by atoms with Gasteiger partial charge in [-0.25, -0.2) is 0 Å². The molecular weight excluding hydrogens is 366 g/mol. The predicted molar refractivity (Wildman–Crippen MR) is 112 cm³/mol. The van der Waals surface area contributed by atoms with Gasteiger partial charge in [-0.05, 0) is 44.1 Å². The Morgan fingerprint density at radius 1 is 0.966 bits per heavy atom. The van der Waals surface area contributed by atoms with E-state index in [1.54, 1.807) is 11.1 Å². The van der Waals surface area contributed by atoms with Crippen LogP contribution in [-0.4, -0.2) is 58.1 Å². The molecule has 6 nitrogen and oxygen atoms in total. The number of para-hydroxylation sites is 1. The van der Waals surface area contributed by atoms with Crippen molar-refractivity contribution in [3.63, 3.8) is 0 Å². The maximum atomic E-state index is 13.1. The van der Waals surface area contributed by atoms with Crippen LogP contribution in [-0.2, 0) is 16.1 Å². The molecule has 0 aliphatic carbocycles. The summed E-state index contributed by atoms with van der Waals surface area (Å²) in [5, 5.41) is 0.738. The number of rotatable bonds is 4. The zero-order valence-electron chi connectivity index (χ0n) is 17.1. The smallest absolute Gasteiger partial charge is 0.295 e. The number of Topliss-reactive ketones (excluding diaryl/α,β-unsaturated/α-hetero) is 1. The summed E-state index contributed by atoms with van der Waals surface area (Å²) in [5.41, 5.74) is 1.22. The fraction of sp³-hybridized carbons (Fsp3) is 0.522. The van der Waals surface area contributed by atoms with Crippen molar-refractivity contribution in [1.29, 1.82) is 0 Å². The van der Waals surface area contributed by atoms with Gasteiger partial charge in [0, 0.05) is 43.3 Å². The maximum absolute atomic E-state index is 13.1. The molecular formula is C23H29N3O3. The Labute approximate surface area is 171 Å². The summed E-state index contributed by atoms with van der Waals surface area (Å²) < 4.78 is 1.83. The first-order valence-electron chi connectivity index (χ1n) is 10.7. The maximum Gasteiger partial charge on any atom is 0.295 e. The summed E-state index contributed by atoms with van der Waals surface area (Å²) >= 11 is 0. The molecule has 29 heavy (non-hydrogen) atoms. The highest BCUT2D eigenvalue weighted by molar-refractivity contribution is 6.44. The van der Waals surface area contributed by atoms with Crippen LogP contribution in [0.15, 0.2) is 30.5 Å². The molecule has 0 radical (unpaired) electrons. The van der Waals surface area contributed by atoms with Gasteiger partial charge in [-0.2, -0.15) is 0 Å². The Balaban J connectivity index is 1.59. The van der Waals surface area contributed by atoms with Gasteiger partial charge in [-0.3, -0.25) is 14.4 Å². The first-order valence-corrected chi connectivity index (χ1v) is 10.7. The standard InChI is InChI=1S/C23H29N3O3/c1-17-8-7-13-25(14-17)23(29)22(28)19-15-26(20-10-4-3-9-18(19)20)16-21(27)24-11-5-2-6-12-24/h3-4,9-10,15,17H,2,5-8,11-14,16H2,1H3/t17-/m1/s1. The van der Waals surface area contributed by atoms with Crippen molar-refractivity contribution >= 4 is 28.5 Å². The lowest BCUT2D eigenvalue weighted by Crippen LogP contribution is -2.42. The Bertz CT molecular complexity index is 927. The predicted octanol–water partition coefficient (Wildman–Crippen LogP) is 3.10. The van der Waals surface area contributed by atoms with E-state index in [1.165, 1.54) is 6.42 Å². The van der Waals surface area contributed by atoms with E-state index in [-0.39, 0.29) is 12.5 Å². The number of amides is 2. The highest BCUT2D eigenvalue weighted by atomic mass is 16.2. The van der Waals surface area contributed by atoms with Crippen molar-refractivity contribution in [2.45, 2.75) is 45.6 Å². The van der Waals surface area contributed by atoms with Gasteiger partial charge in [-0.15, -0.1) is 0 Å². The lowest BCUT2D eigenvalue weighted by Gasteiger charge is -2.30. The minimum absolute atomic E-state index is 0.0700. The average molecular weight is 396 g/mol. The van der Waals surface area contributed by atoms with Gasteiger partial charge in [0.2, 0.25) is 5.91 Å². The Morgan fingerprint density at radius 2 is 1.69 bits per heavy atom. The minimum Gasteiger partial charge on any atom is -0.341 e. The van der Waals surface area contributed by atoms with Crippen LogP contribution in [0.5, 0.6) is 0 Å². The van der Waals surface area contributed by atoms with Gasteiger partial charge in [0.15, 0.2) is 0 Å². The third kappa shape index (κ3) is 4.07. The molecule has 0 bridgehead atoms. The molecule has 2 fully saturated rings. The molecule has 1 aromatic carbocycles. The van der Waals surface area contributed by atoms with Crippen LogP contribution in [0.25, 0.3) is 10.9 Å². The zero-order chi connectivity index (χ0) is 20.4. The number of ketones is 1. The number of hydrogen-bond donors (Lipinski definition) is 0. The number of aromatic nitrogens is 1. The topological polar surface area (TPSA) is 62.6 Å². The number of carbonyl (C=O) groups is 3. The van der Waals surface area contributed by atoms with Crippen molar-refractivity contribution in [2.75, 3.05) is 26.2 Å². The van der Waals surface area contributed by atoms with Gasteiger partial charge in [0.05, 0.1) is 5.56 Å². The van der Waals surface area contributed by atoms with Crippen molar-refractivity contribution < 1.29 is 14.4 Å². The molecule has 3 heterocycles.